The molecule has 18 heavy (non-hydrogen) atoms. The van der Waals surface area contributed by atoms with Crippen molar-refractivity contribution in [3.05, 3.63) is 42.7 Å². The van der Waals surface area contributed by atoms with Crippen LogP contribution >= 0.6 is 0 Å². The second-order valence-electron chi connectivity index (χ2n) is 3.40. The Balaban J connectivity index is 1.97. The van der Waals surface area contributed by atoms with E-state index >= 15 is 0 Å². The van der Waals surface area contributed by atoms with Gasteiger partial charge in [-0.05, 0) is 12.1 Å². The van der Waals surface area contributed by atoms with Gasteiger partial charge in [0.15, 0.2) is 0 Å². The number of rotatable bonds is 5. The van der Waals surface area contributed by atoms with Crippen LogP contribution in [0.5, 0.6) is 11.6 Å². The largest absolute Gasteiger partial charge is 0.480 e. The van der Waals surface area contributed by atoms with E-state index in [1.807, 2.05) is 18.2 Å². The number of hydrogen-bond donors (Lipinski definition) is 2. The minimum Gasteiger partial charge on any atom is -0.480 e. The number of hydrogen-bond acceptors (Lipinski definition) is 5. The molecule has 0 aliphatic rings. The number of carbonyl (C=O) groups is 1. The third-order valence-electron chi connectivity index (χ3n) is 2.01. The van der Waals surface area contributed by atoms with Gasteiger partial charge >= 0.3 is 5.97 Å². The Hall–Kier alpha value is -2.63. The summed E-state index contributed by atoms with van der Waals surface area (Å²) in [6.45, 7) is -0.201. The van der Waals surface area contributed by atoms with Crippen LogP contribution in [0, 0.1) is 0 Å². The van der Waals surface area contributed by atoms with Crippen molar-refractivity contribution in [1.82, 2.24) is 9.97 Å². The summed E-state index contributed by atoms with van der Waals surface area (Å²) in [5.41, 5.74) is 0. The first kappa shape index (κ1) is 11.8. The molecule has 6 heteroatoms. The van der Waals surface area contributed by atoms with E-state index in [0.717, 1.165) is 0 Å². The summed E-state index contributed by atoms with van der Waals surface area (Å²) in [6, 6.07) is 9.20. The van der Waals surface area contributed by atoms with Crippen molar-refractivity contribution in [2.75, 3.05) is 11.9 Å². The van der Waals surface area contributed by atoms with Gasteiger partial charge in [-0.3, -0.25) is 4.79 Å². The molecule has 2 aromatic rings. The fourth-order valence-electron chi connectivity index (χ4n) is 1.24. The molecule has 0 amide bonds. The smallest absolute Gasteiger partial charge is 0.322 e. The molecule has 0 saturated carbocycles. The third kappa shape index (κ3) is 3.44. The molecule has 2 rings (SSSR count). The zero-order chi connectivity index (χ0) is 12.8. The highest BCUT2D eigenvalue weighted by atomic mass is 16.5. The number of ether oxygens (including phenoxy) is 1. The van der Waals surface area contributed by atoms with Crippen molar-refractivity contribution in [2.45, 2.75) is 0 Å². The lowest BCUT2D eigenvalue weighted by Crippen LogP contribution is -2.13. The molecule has 0 aliphatic carbocycles. The first-order valence-electron chi connectivity index (χ1n) is 5.24. The molecule has 1 heterocycles. The summed E-state index contributed by atoms with van der Waals surface area (Å²) in [7, 11) is 0. The van der Waals surface area contributed by atoms with E-state index in [2.05, 4.69) is 15.3 Å². The van der Waals surface area contributed by atoms with Crippen LogP contribution in [-0.4, -0.2) is 27.6 Å². The Morgan fingerprint density at radius 3 is 2.61 bits per heavy atom. The van der Waals surface area contributed by atoms with Gasteiger partial charge in [0, 0.05) is 0 Å². The zero-order valence-electron chi connectivity index (χ0n) is 9.41. The Bertz CT molecular complexity index is 514. The first-order chi connectivity index (χ1) is 8.74. The number of carboxylic acids is 1. The van der Waals surface area contributed by atoms with Gasteiger partial charge in [0.1, 0.15) is 18.1 Å². The van der Waals surface area contributed by atoms with Gasteiger partial charge in [0.25, 0.3) is 0 Å². The Morgan fingerprint density at radius 1 is 1.22 bits per heavy atom. The van der Waals surface area contributed by atoms with E-state index in [-0.39, 0.29) is 6.54 Å². The highest BCUT2D eigenvalue weighted by Crippen LogP contribution is 2.17. The van der Waals surface area contributed by atoms with Gasteiger partial charge in [0.05, 0.1) is 12.4 Å². The van der Waals surface area contributed by atoms with Gasteiger partial charge in [-0.2, -0.15) is 0 Å². The van der Waals surface area contributed by atoms with E-state index < -0.39 is 5.97 Å². The predicted octanol–water partition coefficient (Wildman–Crippen LogP) is 1.77. The van der Waals surface area contributed by atoms with Crippen LogP contribution in [-0.2, 0) is 4.79 Å². The molecule has 0 unspecified atom stereocenters. The van der Waals surface area contributed by atoms with Crippen molar-refractivity contribution in [2.24, 2.45) is 0 Å². The monoisotopic (exact) mass is 245 g/mol. The first-order valence-corrected chi connectivity index (χ1v) is 5.24. The van der Waals surface area contributed by atoms with Crippen LogP contribution < -0.4 is 10.1 Å². The van der Waals surface area contributed by atoms with Crippen LogP contribution in [0.25, 0.3) is 0 Å². The topological polar surface area (TPSA) is 84.3 Å². The number of benzene rings is 1. The SMILES string of the molecule is O=C(O)CNc1cnc(Oc2ccccc2)cn1. The molecule has 0 aliphatic heterocycles. The van der Waals surface area contributed by atoms with Crippen LogP contribution in [0.4, 0.5) is 5.82 Å². The van der Waals surface area contributed by atoms with Gasteiger partial charge in [-0.15, -0.1) is 0 Å². The molecular formula is C12H11N3O3. The number of aliphatic carboxylic acids is 1. The summed E-state index contributed by atoms with van der Waals surface area (Å²) in [4.78, 5) is 18.3. The predicted molar refractivity (Wildman–Crippen MR) is 64.7 cm³/mol. The average Bonchev–Trinajstić information content (AvgIpc) is 2.39. The minimum atomic E-state index is -0.957. The highest BCUT2D eigenvalue weighted by molar-refractivity contribution is 5.72. The van der Waals surface area contributed by atoms with Crippen molar-refractivity contribution >= 4 is 11.8 Å². The Kier molecular flexibility index (Phi) is 3.70. The maximum Gasteiger partial charge on any atom is 0.322 e. The van der Waals surface area contributed by atoms with E-state index in [1.54, 1.807) is 12.1 Å². The van der Waals surface area contributed by atoms with Gasteiger partial charge in [0.2, 0.25) is 5.88 Å². The molecule has 0 radical (unpaired) electrons. The summed E-state index contributed by atoms with van der Waals surface area (Å²) in [5.74, 6) is 0.444. The molecule has 0 spiro atoms. The maximum absolute atomic E-state index is 10.3. The zero-order valence-corrected chi connectivity index (χ0v) is 9.41. The highest BCUT2D eigenvalue weighted by Gasteiger charge is 2.01. The van der Waals surface area contributed by atoms with Gasteiger partial charge in [-0.25, -0.2) is 9.97 Å². The second kappa shape index (κ2) is 5.62. The van der Waals surface area contributed by atoms with Crippen LogP contribution in [0.2, 0.25) is 0 Å². The van der Waals surface area contributed by atoms with Crippen LogP contribution in [0.15, 0.2) is 42.7 Å². The lowest BCUT2D eigenvalue weighted by Gasteiger charge is -2.05. The van der Waals surface area contributed by atoms with Crippen molar-refractivity contribution in [1.29, 1.82) is 0 Å². The van der Waals surface area contributed by atoms with Crippen molar-refractivity contribution < 1.29 is 14.6 Å². The molecule has 1 aromatic heterocycles. The number of aromatic nitrogens is 2. The van der Waals surface area contributed by atoms with Crippen molar-refractivity contribution in [3.8, 4) is 11.6 Å². The fraction of sp³-hybridized carbons (Fsp3) is 0.0833. The third-order valence-corrected chi connectivity index (χ3v) is 2.01. The number of nitrogens with zero attached hydrogens (tertiary/aromatic N) is 2. The number of nitrogens with one attached hydrogen (secondary N) is 1. The fourth-order valence-corrected chi connectivity index (χ4v) is 1.24. The number of carboxylic acid groups (broad SMARTS) is 1. The molecule has 0 bridgehead atoms. The van der Waals surface area contributed by atoms with E-state index in [1.165, 1.54) is 12.4 Å². The summed E-state index contributed by atoms with van der Waals surface area (Å²) in [5, 5.41) is 11.1. The number of anilines is 1. The molecule has 0 fully saturated rings. The van der Waals surface area contributed by atoms with E-state index in [4.69, 9.17) is 9.84 Å². The molecule has 2 N–H and O–H groups in total. The molecule has 0 saturated heterocycles. The maximum atomic E-state index is 10.3. The quantitative estimate of drug-likeness (QED) is 0.835. The Morgan fingerprint density at radius 2 is 2.00 bits per heavy atom. The van der Waals surface area contributed by atoms with E-state index in [9.17, 15) is 4.79 Å². The molecule has 92 valence electrons. The molecule has 0 atom stereocenters. The summed E-state index contributed by atoms with van der Waals surface area (Å²) < 4.78 is 5.44. The second-order valence-corrected chi connectivity index (χ2v) is 3.40. The standard InChI is InChI=1S/C12H11N3O3/c16-12(17)8-14-10-6-15-11(7-13-10)18-9-4-2-1-3-5-9/h1-7H,8H2,(H,13,14)(H,16,17). The van der Waals surface area contributed by atoms with Gasteiger partial charge < -0.3 is 15.2 Å². The lowest BCUT2D eigenvalue weighted by atomic mass is 10.3. The average molecular weight is 245 g/mol. The molecule has 1 aromatic carbocycles. The van der Waals surface area contributed by atoms with E-state index in [0.29, 0.717) is 17.4 Å². The van der Waals surface area contributed by atoms with Crippen LogP contribution in [0.3, 0.4) is 0 Å². The molecule has 6 nitrogen and oxygen atoms in total. The van der Waals surface area contributed by atoms with Gasteiger partial charge in [-0.1, -0.05) is 18.2 Å². The normalized spacial score (nSPS) is 9.78. The van der Waals surface area contributed by atoms with Crippen molar-refractivity contribution in [3.63, 3.8) is 0 Å². The summed E-state index contributed by atoms with van der Waals surface area (Å²) in [6.07, 6.45) is 2.85. The Labute approximate surface area is 103 Å². The van der Waals surface area contributed by atoms with Crippen LogP contribution in [0.1, 0.15) is 0 Å². The minimum absolute atomic E-state index is 0.201. The number of para-hydroxylation sites is 1. The summed E-state index contributed by atoms with van der Waals surface area (Å²) >= 11 is 0. The lowest BCUT2D eigenvalue weighted by molar-refractivity contribution is -0.134. The molecular weight excluding hydrogens is 234 g/mol.